The fourth-order valence-corrected chi connectivity index (χ4v) is 7.41. The molecule has 3 saturated heterocycles. The van der Waals surface area contributed by atoms with Gasteiger partial charge in [-0.2, -0.15) is 0 Å². The zero-order valence-electron chi connectivity index (χ0n) is 26.1. The molecule has 1 aromatic rings. The van der Waals surface area contributed by atoms with Gasteiger partial charge in [0.15, 0.2) is 0 Å². The Balaban J connectivity index is 1.70. The molecular weight excluding hydrogens is 546 g/mol. The summed E-state index contributed by atoms with van der Waals surface area (Å²) in [5, 5.41) is 9.20. The van der Waals surface area contributed by atoms with E-state index in [-0.39, 0.29) is 31.6 Å². The van der Waals surface area contributed by atoms with Crippen molar-refractivity contribution in [2.24, 2.45) is 11.8 Å². The van der Waals surface area contributed by atoms with Crippen LogP contribution in [0.25, 0.3) is 0 Å². The number of amides is 2. The van der Waals surface area contributed by atoms with E-state index in [1.165, 1.54) is 0 Å². The maximum absolute atomic E-state index is 14.7. The van der Waals surface area contributed by atoms with E-state index in [2.05, 4.69) is 31.9 Å². The quantitative estimate of drug-likeness (QED) is 0.161. The minimum Gasteiger partial charge on any atom is -0.465 e. The van der Waals surface area contributed by atoms with Crippen molar-refractivity contribution in [2.45, 2.75) is 83.0 Å². The molecule has 1 aromatic carbocycles. The van der Waals surface area contributed by atoms with Crippen molar-refractivity contribution >= 4 is 29.2 Å². The molecule has 9 heteroatoms. The minimum absolute atomic E-state index is 0.126. The van der Waals surface area contributed by atoms with Gasteiger partial charge in [-0.25, -0.2) is 0 Å². The van der Waals surface area contributed by atoms with Crippen LogP contribution in [0.1, 0.15) is 65.7 Å². The molecule has 1 spiro atoms. The maximum atomic E-state index is 14.7. The summed E-state index contributed by atoms with van der Waals surface area (Å²) in [6.07, 6.45) is 7.99. The van der Waals surface area contributed by atoms with Gasteiger partial charge >= 0.3 is 5.97 Å². The van der Waals surface area contributed by atoms with Crippen LogP contribution in [0.3, 0.4) is 0 Å². The number of nitrogens with zero attached hydrogens (tertiary/aromatic N) is 3. The molecule has 0 saturated carbocycles. The smallest absolute Gasteiger partial charge is 0.312 e. The lowest BCUT2D eigenvalue weighted by Gasteiger charge is -2.37. The summed E-state index contributed by atoms with van der Waals surface area (Å²) in [6.45, 7) is 16.4. The van der Waals surface area contributed by atoms with Gasteiger partial charge in [-0.1, -0.05) is 25.0 Å². The van der Waals surface area contributed by atoms with Gasteiger partial charge in [0.2, 0.25) is 5.91 Å². The molecule has 3 heterocycles. The zero-order valence-corrected chi connectivity index (χ0v) is 26.1. The molecule has 2 amide bonds. The molecule has 5 atom stereocenters. The highest BCUT2D eigenvalue weighted by molar-refractivity contribution is 6.05. The van der Waals surface area contributed by atoms with Crippen LogP contribution in [0.15, 0.2) is 49.6 Å². The lowest BCUT2D eigenvalue weighted by molar-refractivity contribution is -0.159. The first-order valence-electron chi connectivity index (χ1n) is 15.9. The lowest BCUT2D eigenvalue weighted by Crippen LogP contribution is -2.56. The number of carbonyl (C=O) groups is 3. The third kappa shape index (κ3) is 6.11. The minimum atomic E-state index is -1.11. The van der Waals surface area contributed by atoms with Gasteiger partial charge in [-0.15, -0.1) is 13.2 Å². The summed E-state index contributed by atoms with van der Waals surface area (Å²) in [5.41, 5.74) is -0.208. The number of benzene rings is 1. The Kier molecular flexibility index (Phi) is 10.7. The normalized spacial score (nSPS) is 27.2. The molecule has 0 aromatic heterocycles. The molecule has 3 aliphatic rings. The van der Waals surface area contributed by atoms with Crippen LogP contribution in [0.4, 0.5) is 11.4 Å². The van der Waals surface area contributed by atoms with Gasteiger partial charge in [0.1, 0.15) is 17.6 Å². The van der Waals surface area contributed by atoms with Gasteiger partial charge in [0, 0.05) is 44.2 Å². The van der Waals surface area contributed by atoms with Crippen molar-refractivity contribution in [2.75, 3.05) is 49.2 Å². The molecule has 2 unspecified atom stereocenters. The zero-order chi connectivity index (χ0) is 31.2. The number of hydrogen-bond acceptors (Lipinski definition) is 7. The highest BCUT2D eigenvalue weighted by Crippen LogP contribution is 2.63. The number of ether oxygens (including phenoxy) is 2. The van der Waals surface area contributed by atoms with E-state index < -0.39 is 35.0 Å². The molecule has 0 aliphatic carbocycles. The third-order valence-electron chi connectivity index (χ3n) is 9.51. The average molecular weight is 596 g/mol. The van der Waals surface area contributed by atoms with E-state index in [4.69, 9.17) is 9.47 Å². The molecule has 3 fully saturated rings. The Morgan fingerprint density at radius 2 is 1.74 bits per heavy atom. The van der Waals surface area contributed by atoms with Gasteiger partial charge in [0.05, 0.1) is 18.1 Å². The van der Waals surface area contributed by atoms with Gasteiger partial charge in [0.25, 0.3) is 5.91 Å². The summed E-state index contributed by atoms with van der Waals surface area (Å²) in [4.78, 5) is 48.0. The second kappa shape index (κ2) is 14.1. The van der Waals surface area contributed by atoms with E-state index >= 15 is 0 Å². The average Bonchev–Trinajstić information content (AvgIpc) is 3.57. The van der Waals surface area contributed by atoms with Gasteiger partial charge < -0.3 is 29.3 Å². The Hall–Kier alpha value is -3.17. The highest BCUT2D eigenvalue weighted by Gasteiger charge is 2.78. The van der Waals surface area contributed by atoms with Crippen molar-refractivity contribution in [3.05, 3.63) is 49.6 Å². The van der Waals surface area contributed by atoms with Crippen LogP contribution in [0.5, 0.6) is 0 Å². The molecule has 1 N–H and O–H groups in total. The second-order valence-electron chi connectivity index (χ2n) is 12.1. The van der Waals surface area contributed by atoms with E-state index in [9.17, 15) is 19.5 Å². The summed E-state index contributed by atoms with van der Waals surface area (Å²) in [5.74, 6) is -2.47. The van der Waals surface area contributed by atoms with Crippen LogP contribution in [-0.4, -0.2) is 84.4 Å². The standard InChI is InChI=1S/C34H49N3O6/c1-6-10-24-42-32(41)28-27-30(39)37(22-13-11-12-14-23-38)29(34(27)20-19-33(28,5)43-34)31(40)36(21-7-2)26-17-15-25(16-18-26)35(8-3)9-4/h6-7,15-18,27-29,38H,1-2,8-14,19-24H2,3-5H3/t27-,28-,29?,33+,34?/m0/s1. The first-order chi connectivity index (χ1) is 20.7. The van der Waals surface area contributed by atoms with E-state index in [1.807, 2.05) is 31.2 Å². The molecule has 9 nitrogen and oxygen atoms in total. The number of rotatable bonds is 17. The molecule has 236 valence electrons. The van der Waals surface area contributed by atoms with Crippen molar-refractivity contribution in [3.8, 4) is 0 Å². The third-order valence-corrected chi connectivity index (χ3v) is 9.51. The fraction of sp³-hybridized carbons (Fsp3) is 0.618. The Labute approximate surface area is 256 Å². The fourth-order valence-electron chi connectivity index (χ4n) is 7.41. The summed E-state index contributed by atoms with van der Waals surface area (Å²) in [7, 11) is 0. The van der Waals surface area contributed by atoms with E-state index in [0.29, 0.717) is 38.6 Å². The molecule has 4 rings (SSSR count). The van der Waals surface area contributed by atoms with Crippen LogP contribution < -0.4 is 9.80 Å². The topological polar surface area (TPSA) is 99.6 Å². The number of carbonyl (C=O) groups excluding carboxylic acids is 3. The monoisotopic (exact) mass is 595 g/mol. The number of aliphatic hydroxyl groups is 1. The number of fused-ring (bicyclic) bond motifs is 1. The van der Waals surface area contributed by atoms with Crippen LogP contribution in [0, 0.1) is 11.8 Å². The number of anilines is 2. The molecular formula is C34H49N3O6. The van der Waals surface area contributed by atoms with Crippen LogP contribution in [0.2, 0.25) is 0 Å². The molecule has 2 bridgehead atoms. The lowest BCUT2D eigenvalue weighted by atomic mass is 9.66. The summed E-state index contributed by atoms with van der Waals surface area (Å²) in [6, 6.07) is 7.03. The number of hydrogen-bond donors (Lipinski definition) is 1. The Morgan fingerprint density at radius 1 is 1.07 bits per heavy atom. The first kappa shape index (κ1) is 32.7. The predicted molar refractivity (Wildman–Crippen MR) is 168 cm³/mol. The predicted octanol–water partition coefficient (Wildman–Crippen LogP) is 4.49. The second-order valence-corrected chi connectivity index (χ2v) is 12.1. The maximum Gasteiger partial charge on any atom is 0.312 e. The van der Waals surface area contributed by atoms with Crippen LogP contribution >= 0.6 is 0 Å². The number of likely N-dealkylation sites (tertiary alicyclic amines) is 1. The highest BCUT2D eigenvalue weighted by atomic mass is 16.6. The molecule has 3 aliphatic heterocycles. The molecule has 43 heavy (non-hydrogen) atoms. The van der Waals surface area contributed by atoms with Crippen molar-refractivity contribution in [1.82, 2.24) is 4.90 Å². The number of esters is 1. The van der Waals surface area contributed by atoms with Crippen molar-refractivity contribution in [1.29, 1.82) is 0 Å². The van der Waals surface area contributed by atoms with Crippen LogP contribution in [-0.2, 0) is 23.9 Å². The summed E-state index contributed by atoms with van der Waals surface area (Å²) >= 11 is 0. The molecule has 0 radical (unpaired) electrons. The Morgan fingerprint density at radius 3 is 2.37 bits per heavy atom. The SMILES string of the molecule is C=CCCOC(=O)[C@@H]1[C@H]2C(=O)N(CCCCCCO)C(C(=O)N(CC=C)c3ccc(N(CC)CC)cc3)C23CC[C@@]1(C)O3. The van der Waals surface area contributed by atoms with E-state index in [1.54, 1.807) is 22.0 Å². The van der Waals surface area contributed by atoms with Gasteiger partial charge in [-0.05, 0) is 77.1 Å². The van der Waals surface area contributed by atoms with Crippen molar-refractivity contribution < 1.29 is 29.0 Å². The van der Waals surface area contributed by atoms with Crippen molar-refractivity contribution in [3.63, 3.8) is 0 Å². The Bertz CT molecular complexity index is 1170. The first-order valence-corrected chi connectivity index (χ1v) is 15.9. The number of unbranched alkanes of at least 4 members (excludes halogenated alkanes) is 3. The largest absolute Gasteiger partial charge is 0.465 e. The number of aliphatic hydroxyl groups excluding tert-OH is 1. The van der Waals surface area contributed by atoms with E-state index in [0.717, 1.165) is 37.3 Å². The van der Waals surface area contributed by atoms with Gasteiger partial charge in [-0.3, -0.25) is 14.4 Å². The summed E-state index contributed by atoms with van der Waals surface area (Å²) < 4.78 is 12.3.